The van der Waals surface area contributed by atoms with Crippen molar-refractivity contribution in [1.82, 2.24) is 4.57 Å². The third-order valence-corrected chi connectivity index (χ3v) is 3.63. The van der Waals surface area contributed by atoms with Gasteiger partial charge in [0.2, 0.25) is 5.91 Å². The average Bonchev–Trinajstić information content (AvgIpc) is 2.70. The lowest BCUT2D eigenvalue weighted by molar-refractivity contribution is -0.137. The molecule has 0 radical (unpaired) electrons. The number of aromatic nitrogens is 1. The van der Waals surface area contributed by atoms with Gasteiger partial charge in [0.1, 0.15) is 6.54 Å². The van der Waals surface area contributed by atoms with Gasteiger partial charge in [0.25, 0.3) is 0 Å². The highest BCUT2D eigenvalue weighted by Gasteiger charge is 2.30. The van der Waals surface area contributed by atoms with Crippen LogP contribution in [0.3, 0.4) is 0 Å². The van der Waals surface area contributed by atoms with Crippen molar-refractivity contribution < 1.29 is 18.0 Å². The fraction of sp³-hybridized carbons (Fsp3) is 0.231. The minimum atomic E-state index is -4.47. The third-order valence-electron chi connectivity index (χ3n) is 2.75. The Morgan fingerprint density at radius 3 is 2.67 bits per heavy atom. The summed E-state index contributed by atoms with van der Waals surface area (Å²) in [5, 5.41) is 3.96. The fourth-order valence-electron chi connectivity index (χ4n) is 1.71. The highest BCUT2D eigenvalue weighted by atomic mass is 32.1. The number of thiazole rings is 1. The maximum absolute atomic E-state index is 12.6. The van der Waals surface area contributed by atoms with Gasteiger partial charge in [-0.2, -0.15) is 13.2 Å². The van der Waals surface area contributed by atoms with Gasteiger partial charge in [-0.1, -0.05) is 17.4 Å². The molecule has 0 saturated heterocycles. The predicted octanol–water partition coefficient (Wildman–Crippen LogP) is 2.88. The standard InChI is InChI=1S/C13H11F3N2O2S/c1-8-7-21-12(20)18(8)6-11(19)17-10-4-2-3-9(5-10)13(14,15)16/h2-5,7H,6H2,1H3,(H,17,19). The number of alkyl halides is 3. The molecule has 0 saturated carbocycles. The first-order chi connectivity index (χ1) is 9.77. The van der Waals surface area contributed by atoms with E-state index in [1.54, 1.807) is 12.3 Å². The maximum Gasteiger partial charge on any atom is 0.416 e. The SMILES string of the molecule is Cc1csc(=O)n1CC(=O)Nc1cccc(C(F)(F)F)c1. The van der Waals surface area contributed by atoms with Crippen molar-refractivity contribution in [2.24, 2.45) is 0 Å². The van der Waals surface area contributed by atoms with Crippen molar-refractivity contribution in [2.45, 2.75) is 19.6 Å². The van der Waals surface area contributed by atoms with Crippen LogP contribution in [0.15, 0.2) is 34.4 Å². The normalized spacial score (nSPS) is 11.4. The molecule has 1 aromatic heterocycles. The van der Waals surface area contributed by atoms with Crippen LogP contribution in [-0.4, -0.2) is 10.5 Å². The lowest BCUT2D eigenvalue weighted by atomic mass is 10.2. The number of halogens is 3. The Kier molecular flexibility index (Phi) is 4.17. The Balaban J connectivity index is 2.12. The fourth-order valence-corrected chi connectivity index (χ4v) is 2.45. The van der Waals surface area contributed by atoms with Gasteiger partial charge in [-0.3, -0.25) is 14.2 Å². The first kappa shape index (κ1) is 15.3. The molecule has 0 fully saturated rings. The van der Waals surface area contributed by atoms with Crippen molar-refractivity contribution in [3.8, 4) is 0 Å². The van der Waals surface area contributed by atoms with E-state index < -0.39 is 17.6 Å². The van der Waals surface area contributed by atoms with Crippen molar-refractivity contribution in [3.05, 3.63) is 50.6 Å². The van der Waals surface area contributed by atoms with E-state index in [1.165, 1.54) is 16.7 Å². The molecule has 21 heavy (non-hydrogen) atoms. The number of rotatable bonds is 3. The largest absolute Gasteiger partial charge is 0.416 e. The van der Waals surface area contributed by atoms with Gasteiger partial charge in [0.05, 0.1) is 5.56 Å². The van der Waals surface area contributed by atoms with Crippen LogP contribution in [0.2, 0.25) is 0 Å². The molecule has 0 aliphatic carbocycles. The molecule has 1 aromatic carbocycles. The molecule has 1 heterocycles. The Bertz CT molecular complexity index is 719. The van der Waals surface area contributed by atoms with Crippen LogP contribution in [0.4, 0.5) is 18.9 Å². The van der Waals surface area contributed by atoms with Crippen LogP contribution in [0, 0.1) is 6.92 Å². The zero-order chi connectivity index (χ0) is 15.6. The molecular formula is C13H11F3N2O2S. The number of aryl methyl sites for hydroxylation is 1. The number of nitrogens with one attached hydrogen (secondary N) is 1. The number of benzene rings is 1. The van der Waals surface area contributed by atoms with Gasteiger partial charge >= 0.3 is 11.0 Å². The van der Waals surface area contributed by atoms with Gasteiger partial charge in [-0.05, 0) is 25.1 Å². The molecule has 4 nitrogen and oxygen atoms in total. The average molecular weight is 316 g/mol. The summed E-state index contributed by atoms with van der Waals surface area (Å²) in [6, 6.07) is 4.33. The zero-order valence-electron chi connectivity index (χ0n) is 10.9. The van der Waals surface area contributed by atoms with Crippen LogP contribution in [0.1, 0.15) is 11.3 Å². The molecule has 112 valence electrons. The minimum Gasteiger partial charge on any atom is -0.325 e. The lowest BCUT2D eigenvalue weighted by Gasteiger charge is -2.10. The van der Waals surface area contributed by atoms with Crippen molar-refractivity contribution in [3.63, 3.8) is 0 Å². The van der Waals surface area contributed by atoms with E-state index in [1.807, 2.05) is 0 Å². The van der Waals surface area contributed by atoms with Gasteiger partial charge in [0.15, 0.2) is 0 Å². The van der Waals surface area contributed by atoms with E-state index in [9.17, 15) is 22.8 Å². The summed E-state index contributed by atoms with van der Waals surface area (Å²) in [4.78, 5) is 23.0. The Hall–Kier alpha value is -2.09. The van der Waals surface area contributed by atoms with Crippen LogP contribution in [0.25, 0.3) is 0 Å². The summed E-state index contributed by atoms with van der Waals surface area (Å²) >= 11 is 0.964. The predicted molar refractivity (Wildman–Crippen MR) is 73.4 cm³/mol. The summed E-state index contributed by atoms with van der Waals surface area (Å²) in [6.07, 6.45) is -4.47. The quantitative estimate of drug-likeness (QED) is 0.946. The smallest absolute Gasteiger partial charge is 0.325 e. The maximum atomic E-state index is 12.6. The molecule has 0 aliphatic heterocycles. The van der Waals surface area contributed by atoms with E-state index in [-0.39, 0.29) is 17.1 Å². The van der Waals surface area contributed by atoms with Crippen LogP contribution < -0.4 is 10.2 Å². The molecular weight excluding hydrogens is 305 g/mol. The van der Waals surface area contributed by atoms with Gasteiger partial charge < -0.3 is 5.32 Å². The number of anilines is 1. The van der Waals surface area contributed by atoms with E-state index in [2.05, 4.69) is 5.32 Å². The van der Waals surface area contributed by atoms with E-state index in [0.29, 0.717) is 5.69 Å². The summed E-state index contributed by atoms with van der Waals surface area (Å²) in [7, 11) is 0. The number of carbonyl (C=O) groups is 1. The summed E-state index contributed by atoms with van der Waals surface area (Å²) in [5.74, 6) is -0.557. The Morgan fingerprint density at radius 2 is 2.10 bits per heavy atom. The molecule has 2 rings (SSSR count). The second-order valence-electron chi connectivity index (χ2n) is 4.36. The molecule has 0 unspecified atom stereocenters. The number of hydrogen-bond acceptors (Lipinski definition) is 3. The second kappa shape index (κ2) is 5.72. The van der Waals surface area contributed by atoms with Crippen molar-refractivity contribution in [2.75, 3.05) is 5.32 Å². The lowest BCUT2D eigenvalue weighted by Crippen LogP contribution is -2.25. The topological polar surface area (TPSA) is 51.1 Å². The van der Waals surface area contributed by atoms with E-state index in [0.717, 1.165) is 23.5 Å². The van der Waals surface area contributed by atoms with E-state index >= 15 is 0 Å². The van der Waals surface area contributed by atoms with Gasteiger partial charge in [0, 0.05) is 16.8 Å². The van der Waals surface area contributed by atoms with E-state index in [4.69, 9.17) is 0 Å². The molecule has 2 aromatic rings. The summed E-state index contributed by atoms with van der Waals surface area (Å²) in [6.45, 7) is 1.44. The second-order valence-corrected chi connectivity index (χ2v) is 5.18. The van der Waals surface area contributed by atoms with Crippen LogP contribution >= 0.6 is 11.3 Å². The summed E-state index contributed by atoms with van der Waals surface area (Å²) in [5.41, 5.74) is -0.177. The van der Waals surface area contributed by atoms with Crippen LogP contribution in [-0.2, 0) is 17.5 Å². The Morgan fingerprint density at radius 1 is 1.38 bits per heavy atom. The monoisotopic (exact) mass is 316 g/mol. The molecule has 0 spiro atoms. The van der Waals surface area contributed by atoms with Crippen LogP contribution in [0.5, 0.6) is 0 Å². The Labute approximate surface area is 121 Å². The minimum absolute atomic E-state index is 0.0377. The number of nitrogens with zero attached hydrogens (tertiary/aromatic N) is 1. The first-order valence-corrected chi connectivity index (χ1v) is 6.77. The van der Waals surface area contributed by atoms with Gasteiger partial charge in [-0.15, -0.1) is 0 Å². The van der Waals surface area contributed by atoms with Crippen molar-refractivity contribution in [1.29, 1.82) is 0 Å². The molecule has 8 heteroatoms. The highest BCUT2D eigenvalue weighted by Crippen LogP contribution is 2.30. The molecule has 1 N–H and O–H groups in total. The molecule has 1 amide bonds. The first-order valence-electron chi connectivity index (χ1n) is 5.89. The number of amides is 1. The van der Waals surface area contributed by atoms with Gasteiger partial charge in [-0.25, -0.2) is 0 Å². The molecule has 0 bridgehead atoms. The van der Waals surface area contributed by atoms with Crippen molar-refractivity contribution >= 4 is 22.9 Å². The molecule has 0 atom stereocenters. The molecule has 0 aliphatic rings. The zero-order valence-corrected chi connectivity index (χ0v) is 11.7. The number of carbonyl (C=O) groups excluding carboxylic acids is 1. The number of hydrogen-bond donors (Lipinski definition) is 1. The third kappa shape index (κ3) is 3.72. The highest BCUT2D eigenvalue weighted by molar-refractivity contribution is 7.07. The summed E-state index contributed by atoms with van der Waals surface area (Å²) < 4.78 is 38.9.